The first-order chi connectivity index (χ1) is 11.3. The van der Waals surface area contributed by atoms with Crippen LogP contribution in [-0.2, 0) is 30.6 Å². The number of aromatic nitrogens is 3. The lowest BCUT2D eigenvalue weighted by Crippen LogP contribution is -2.30. The largest absolute Gasteiger partial charge is 0.339 e. The van der Waals surface area contributed by atoms with Crippen LogP contribution in [0.4, 0.5) is 0 Å². The van der Waals surface area contributed by atoms with Crippen LogP contribution in [0.3, 0.4) is 0 Å². The van der Waals surface area contributed by atoms with Crippen molar-refractivity contribution in [2.24, 2.45) is 0 Å². The van der Waals surface area contributed by atoms with E-state index >= 15 is 0 Å². The number of carbonyl (C=O) groups is 1. The molecule has 0 saturated carbocycles. The minimum atomic E-state index is 0.192. The molecule has 2 aromatic rings. The Labute approximate surface area is 137 Å². The summed E-state index contributed by atoms with van der Waals surface area (Å²) in [5, 5.41) is 7.59. The number of aromatic amines is 1. The number of hydrogen-bond donors (Lipinski definition) is 1. The molecule has 5 nitrogen and oxygen atoms in total. The average Bonchev–Trinajstić information content (AvgIpc) is 3.01. The Hall–Kier alpha value is -2.17. The molecule has 2 heterocycles. The van der Waals surface area contributed by atoms with Gasteiger partial charge in [-0.25, -0.2) is 0 Å². The number of aryl methyl sites for hydroxylation is 2. The standard InChI is InChI=1S/C18H24N4O/c1-2-22(13-14-9-11-19-12-10-14)18(23)8-7-17-15-5-3-4-6-16(15)20-21-17/h9-12H,2-8,13H2,1H3,(H,20,21). The topological polar surface area (TPSA) is 61.9 Å². The number of carbonyl (C=O) groups excluding carboxylic acids is 1. The molecule has 0 bridgehead atoms. The van der Waals surface area contributed by atoms with Crippen LogP contribution in [0.1, 0.15) is 48.7 Å². The van der Waals surface area contributed by atoms with E-state index in [-0.39, 0.29) is 5.91 Å². The van der Waals surface area contributed by atoms with E-state index < -0.39 is 0 Å². The summed E-state index contributed by atoms with van der Waals surface area (Å²) in [4.78, 5) is 18.4. The quantitative estimate of drug-likeness (QED) is 0.892. The molecule has 0 radical (unpaired) electrons. The minimum Gasteiger partial charge on any atom is -0.339 e. The first-order valence-corrected chi connectivity index (χ1v) is 8.49. The lowest BCUT2D eigenvalue weighted by Gasteiger charge is -2.21. The molecule has 0 spiro atoms. The Morgan fingerprint density at radius 1 is 1.26 bits per heavy atom. The smallest absolute Gasteiger partial charge is 0.223 e. The van der Waals surface area contributed by atoms with Crippen LogP contribution < -0.4 is 0 Å². The van der Waals surface area contributed by atoms with E-state index in [1.54, 1.807) is 12.4 Å². The van der Waals surface area contributed by atoms with E-state index in [1.807, 2.05) is 24.0 Å². The summed E-state index contributed by atoms with van der Waals surface area (Å²) >= 11 is 0. The van der Waals surface area contributed by atoms with Crippen molar-refractivity contribution < 1.29 is 4.79 Å². The van der Waals surface area contributed by atoms with Crippen LogP contribution in [0.2, 0.25) is 0 Å². The molecule has 5 heteroatoms. The highest BCUT2D eigenvalue weighted by molar-refractivity contribution is 5.76. The predicted octanol–water partition coefficient (Wildman–Crippen LogP) is 2.66. The van der Waals surface area contributed by atoms with Gasteiger partial charge in [-0.05, 0) is 55.9 Å². The van der Waals surface area contributed by atoms with Gasteiger partial charge in [0, 0.05) is 44.0 Å². The number of rotatable bonds is 6. The van der Waals surface area contributed by atoms with Crippen molar-refractivity contribution in [2.45, 2.75) is 52.0 Å². The van der Waals surface area contributed by atoms with Gasteiger partial charge in [-0.1, -0.05) is 0 Å². The fraction of sp³-hybridized carbons (Fsp3) is 0.500. The molecule has 2 aromatic heterocycles. The normalized spacial score (nSPS) is 13.6. The van der Waals surface area contributed by atoms with Crippen LogP contribution in [0.25, 0.3) is 0 Å². The van der Waals surface area contributed by atoms with Gasteiger partial charge < -0.3 is 4.90 Å². The van der Waals surface area contributed by atoms with E-state index in [0.29, 0.717) is 13.0 Å². The third-order valence-electron chi connectivity index (χ3n) is 4.57. The molecule has 0 aliphatic heterocycles. The SMILES string of the molecule is CCN(Cc1ccncc1)C(=O)CCc1n[nH]c2c1CCCC2. The summed E-state index contributed by atoms with van der Waals surface area (Å²) in [6.45, 7) is 3.39. The highest BCUT2D eigenvalue weighted by atomic mass is 16.2. The van der Waals surface area contributed by atoms with Gasteiger partial charge in [0.25, 0.3) is 0 Å². The minimum absolute atomic E-state index is 0.192. The zero-order chi connectivity index (χ0) is 16.1. The van der Waals surface area contributed by atoms with E-state index in [9.17, 15) is 4.79 Å². The summed E-state index contributed by atoms with van der Waals surface area (Å²) in [5.41, 5.74) is 4.85. The molecule has 3 rings (SSSR count). The number of fused-ring (bicyclic) bond motifs is 1. The maximum Gasteiger partial charge on any atom is 0.223 e. The van der Waals surface area contributed by atoms with Gasteiger partial charge in [0.1, 0.15) is 0 Å². The molecule has 1 aliphatic carbocycles. The predicted molar refractivity (Wildman–Crippen MR) is 88.9 cm³/mol. The number of pyridine rings is 1. The first-order valence-electron chi connectivity index (χ1n) is 8.49. The van der Waals surface area contributed by atoms with Gasteiger partial charge in [0.2, 0.25) is 5.91 Å². The van der Waals surface area contributed by atoms with E-state index in [1.165, 1.54) is 24.1 Å². The zero-order valence-corrected chi connectivity index (χ0v) is 13.7. The molecule has 0 atom stereocenters. The molecule has 0 fully saturated rings. The molecule has 1 N–H and O–H groups in total. The maximum absolute atomic E-state index is 12.5. The summed E-state index contributed by atoms with van der Waals surface area (Å²) < 4.78 is 0. The average molecular weight is 312 g/mol. The van der Waals surface area contributed by atoms with Gasteiger partial charge in [-0.15, -0.1) is 0 Å². The van der Waals surface area contributed by atoms with E-state index in [2.05, 4.69) is 15.2 Å². The second kappa shape index (κ2) is 7.40. The van der Waals surface area contributed by atoms with E-state index in [0.717, 1.165) is 37.1 Å². The van der Waals surface area contributed by atoms with Gasteiger partial charge in [-0.3, -0.25) is 14.9 Å². The van der Waals surface area contributed by atoms with Crippen LogP contribution in [0.15, 0.2) is 24.5 Å². The highest BCUT2D eigenvalue weighted by Gasteiger charge is 2.18. The van der Waals surface area contributed by atoms with Gasteiger partial charge >= 0.3 is 0 Å². The van der Waals surface area contributed by atoms with Crippen molar-refractivity contribution in [1.82, 2.24) is 20.1 Å². The number of H-pyrrole nitrogens is 1. The van der Waals surface area contributed by atoms with Crippen molar-refractivity contribution >= 4 is 5.91 Å². The lowest BCUT2D eigenvalue weighted by atomic mass is 9.94. The fourth-order valence-corrected chi connectivity index (χ4v) is 3.22. The number of nitrogens with one attached hydrogen (secondary N) is 1. The summed E-state index contributed by atoms with van der Waals surface area (Å²) in [6, 6.07) is 3.92. The van der Waals surface area contributed by atoms with E-state index in [4.69, 9.17) is 0 Å². The molecular formula is C18H24N4O. The second-order valence-corrected chi connectivity index (χ2v) is 6.10. The summed E-state index contributed by atoms with van der Waals surface area (Å²) in [5.74, 6) is 0.192. The maximum atomic E-state index is 12.5. The highest BCUT2D eigenvalue weighted by Crippen LogP contribution is 2.23. The van der Waals surface area contributed by atoms with Gasteiger partial charge in [0.05, 0.1) is 5.69 Å². The monoisotopic (exact) mass is 312 g/mol. The van der Waals surface area contributed by atoms with Crippen molar-refractivity contribution in [3.8, 4) is 0 Å². The van der Waals surface area contributed by atoms with Crippen LogP contribution in [-0.4, -0.2) is 32.5 Å². The molecule has 0 saturated heterocycles. The van der Waals surface area contributed by atoms with Crippen molar-refractivity contribution in [3.05, 3.63) is 47.0 Å². The molecule has 0 aromatic carbocycles. The third kappa shape index (κ3) is 3.78. The van der Waals surface area contributed by atoms with Gasteiger partial charge in [0.15, 0.2) is 0 Å². The van der Waals surface area contributed by atoms with Crippen LogP contribution in [0, 0.1) is 0 Å². The Balaban J connectivity index is 1.58. The molecule has 0 unspecified atom stereocenters. The van der Waals surface area contributed by atoms with Crippen molar-refractivity contribution in [3.63, 3.8) is 0 Å². The Bertz CT molecular complexity index is 650. The molecule has 1 aliphatic rings. The molecule has 122 valence electrons. The number of nitrogens with zero attached hydrogens (tertiary/aromatic N) is 3. The summed E-state index contributed by atoms with van der Waals surface area (Å²) in [7, 11) is 0. The van der Waals surface area contributed by atoms with Crippen LogP contribution in [0.5, 0.6) is 0 Å². The molecule has 23 heavy (non-hydrogen) atoms. The Morgan fingerprint density at radius 3 is 2.83 bits per heavy atom. The second-order valence-electron chi connectivity index (χ2n) is 6.10. The van der Waals surface area contributed by atoms with Gasteiger partial charge in [-0.2, -0.15) is 5.10 Å². The fourth-order valence-electron chi connectivity index (χ4n) is 3.22. The first kappa shape index (κ1) is 15.7. The molecular weight excluding hydrogens is 288 g/mol. The Kier molecular flexibility index (Phi) is 5.05. The summed E-state index contributed by atoms with van der Waals surface area (Å²) in [6.07, 6.45) is 9.46. The number of hydrogen-bond acceptors (Lipinski definition) is 3. The van der Waals surface area contributed by atoms with Crippen molar-refractivity contribution in [2.75, 3.05) is 6.54 Å². The molecule has 1 amide bonds. The Morgan fingerprint density at radius 2 is 2.04 bits per heavy atom. The van der Waals surface area contributed by atoms with Crippen molar-refractivity contribution in [1.29, 1.82) is 0 Å². The van der Waals surface area contributed by atoms with Crippen LogP contribution >= 0.6 is 0 Å². The zero-order valence-electron chi connectivity index (χ0n) is 13.7. The lowest BCUT2D eigenvalue weighted by molar-refractivity contribution is -0.131. The number of amides is 1. The third-order valence-corrected chi connectivity index (χ3v) is 4.57.